The van der Waals surface area contributed by atoms with Crippen LogP contribution in [-0.2, 0) is 4.84 Å². The number of nitrogens with two attached hydrogens (primary N) is 1. The van der Waals surface area contributed by atoms with Crippen molar-refractivity contribution in [3.8, 4) is 0 Å². The first-order valence-corrected chi connectivity index (χ1v) is 4.16. The van der Waals surface area contributed by atoms with Crippen LogP contribution in [0.2, 0.25) is 0 Å². The monoisotopic (exact) mass is 160 g/mol. The van der Waals surface area contributed by atoms with Crippen LogP contribution in [0.3, 0.4) is 0 Å². The molecule has 68 valence electrons. The van der Waals surface area contributed by atoms with Gasteiger partial charge in [-0.15, -0.1) is 0 Å². The molecule has 0 heterocycles. The summed E-state index contributed by atoms with van der Waals surface area (Å²) in [7, 11) is 3.63. The number of hydrogen-bond acceptors (Lipinski definition) is 3. The Balaban J connectivity index is 3.27. The van der Waals surface area contributed by atoms with E-state index in [0.29, 0.717) is 5.92 Å². The summed E-state index contributed by atoms with van der Waals surface area (Å²) in [6.45, 7) is 3.99. The number of rotatable bonds is 6. The third kappa shape index (κ3) is 6.28. The molecule has 0 saturated carbocycles. The van der Waals surface area contributed by atoms with Gasteiger partial charge >= 0.3 is 0 Å². The molecular weight excluding hydrogens is 140 g/mol. The topological polar surface area (TPSA) is 38.5 Å². The van der Waals surface area contributed by atoms with Crippen molar-refractivity contribution in [3.05, 3.63) is 0 Å². The van der Waals surface area contributed by atoms with Gasteiger partial charge in [0.25, 0.3) is 0 Å². The van der Waals surface area contributed by atoms with Crippen LogP contribution in [0.1, 0.15) is 19.8 Å². The number of hydrogen-bond donors (Lipinski definition) is 1. The molecule has 0 aromatic rings. The largest absolute Gasteiger partial charge is 0.330 e. The molecule has 3 nitrogen and oxygen atoms in total. The average molecular weight is 160 g/mol. The van der Waals surface area contributed by atoms with E-state index in [0.717, 1.165) is 19.5 Å². The lowest BCUT2D eigenvalue weighted by Crippen LogP contribution is -2.23. The molecule has 0 aromatic heterocycles. The lowest BCUT2D eigenvalue weighted by atomic mass is 10.1. The molecule has 0 aliphatic rings. The van der Waals surface area contributed by atoms with Gasteiger partial charge in [-0.3, -0.25) is 0 Å². The average Bonchev–Trinajstić information content (AvgIpc) is 2.00. The summed E-state index contributed by atoms with van der Waals surface area (Å²) >= 11 is 0. The fourth-order valence-corrected chi connectivity index (χ4v) is 1.07. The zero-order chi connectivity index (χ0) is 8.69. The first-order valence-electron chi connectivity index (χ1n) is 4.16. The van der Waals surface area contributed by atoms with Crippen molar-refractivity contribution in [2.75, 3.05) is 27.2 Å². The highest BCUT2D eigenvalue weighted by atomic mass is 16.7. The summed E-state index contributed by atoms with van der Waals surface area (Å²) in [5.41, 5.74) is 5.40. The molecule has 0 aromatic carbocycles. The van der Waals surface area contributed by atoms with E-state index in [4.69, 9.17) is 10.6 Å². The second-order valence-corrected chi connectivity index (χ2v) is 3.03. The van der Waals surface area contributed by atoms with Gasteiger partial charge in [-0.25, -0.2) is 0 Å². The predicted molar refractivity (Wildman–Crippen MR) is 47.1 cm³/mol. The second-order valence-electron chi connectivity index (χ2n) is 3.03. The molecule has 0 rings (SSSR count). The Bertz CT molecular complexity index is 88.2. The zero-order valence-corrected chi connectivity index (χ0v) is 7.84. The SMILES string of the molecule is CON(C)CC(C)CCCN. The van der Waals surface area contributed by atoms with Crippen molar-refractivity contribution in [1.29, 1.82) is 0 Å². The minimum absolute atomic E-state index is 0.670. The molecule has 0 bridgehead atoms. The Hall–Kier alpha value is -0.120. The Morgan fingerprint density at radius 1 is 1.55 bits per heavy atom. The summed E-state index contributed by atoms with van der Waals surface area (Å²) in [6, 6.07) is 0. The first kappa shape index (κ1) is 10.9. The Labute approximate surface area is 69.5 Å². The van der Waals surface area contributed by atoms with E-state index >= 15 is 0 Å². The maximum atomic E-state index is 5.40. The molecule has 0 fully saturated rings. The lowest BCUT2D eigenvalue weighted by molar-refractivity contribution is -0.117. The van der Waals surface area contributed by atoms with Gasteiger partial charge in [0.2, 0.25) is 0 Å². The van der Waals surface area contributed by atoms with Crippen molar-refractivity contribution >= 4 is 0 Å². The second kappa shape index (κ2) is 6.58. The summed E-state index contributed by atoms with van der Waals surface area (Å²) in [5.74, 6) is 0.670. The minimum atomic E-state index is 0.670. The molecule has 0 amide bonds. The number of hydroxylamine groups is 2. The molecule has 0 saturated heterocycles. The molecule has 0 radical (unpaired) electrons. The van der Waals surface area contributed by atoms with Gasteiger partial charge in [-0.1, -0.05) is 6.92 Å². The Morgan fingerprint density at radius 2 is 2.18 bits per heavy atom. The van der Waals surface area contributed by atoms with Crippen LogP contribution in [0.4, 0.5) is 0 Å². The van der Waals surface area contributed by atoms with Crippen molar-refractivity contribution in [2.45, 2.75) is 19.8 Å². The third-order valence-corrected chi connectivity index (χ3v) is 1.78. The number of nitrogens with zero attached hydrogens (tertiary/aromatic N) is 1. The molecule has 0 aliphatic heterocycles. The summed E-state index contributed by atoms with van der Waals surface area (Å²) in [6.07, 6.45) is 2.29. The van der Waals surface area contributed by atoms with Crippen molar-refractivity contribution in [1.82, 2.24) is 5.06 Å². The molecular formula is C8H20N2O. The molecule has 3 heteroatoms. The molecule has 1 unspecified atom stereocenters. The van der Waals surface area contributed by atoms with E-state index in [9.17, 15) is 0 Å². The van der Waals surface area contributed by atoms with Crippen LogP contribution in [0.15, 0.2) is 0 Å². The normalized spacial score (nSPS) is 13.9. The Morgan fingerprint density at radius 3 is 2.64 bits per heavy atom. The van der Waals surface area contributed by atoms with Crippen molar-refractivity contribution < 1.29 is 4.84 Å². The van der Waals surface area contributed by atoms with Crippen LogP contribution >= 0.6 is 0 Å². The predicted octanol–water partition coefficient (Wildman–Crippen LogP) is 0.855. The molecule has 11 heavy (non-hydrogen) atoms. The van der Waals surface area contributed by atoms with Gasteiger partial charge in [0.05, 0.1) is 7.11 Å². The van der Waals surface area contributed by atoms with Gasteiger partial charge in [-0.2, -0.15) is 5.06 Å². The zero-order valence-electron chi connectivity index (χ0n) is 7.84. The summed E-state index contributed by atoms with van der Waals surface area (Å²) in [4.78, 5) is 5.00. The highest BCUT2D eigenvalue weighted by Crippen LogP contribution is 2.05. The van der Waals surface area contributed by atoms with E-state index < -0.39 is 0 Å². The van der Waals surface area contributed by atoms with Crippen LogP contribution in [0.25, 0.3) is 0 Å². The van der Waals surface area contributed by atoms with Crippen molar-refractivity contribution in [3.63, 3.8) is 0 Å². The van der Waals surface area contributed by atoms with E-state index in [1.807, 2.05) is 12.1 Å². The maximum absolute atomic E-state index is 5.40. The standard InChI is InChI=1S/C8H20N2O/c1-8(5-4-6-9)7-10(2)11-3/h8H,4-7,9H2,1-3H3. The smallest absolute Gasteiger partial charge is 0.0575 e. The van der Waals surface area contributed by atoms with Crippen molar-refractivity contribution in [2.24, 2.45) is 11.7 Å². The molecule has 2 N–H and O–H groups in total. The van der Waals surface area contributed by atoms with E-state index in [-0.39, 0.29) is 0 Å². The Kier molecular flexibility index (Phi) is 6.51. The minimum Gasteiger partial charge on any atom is -0.330 e. The molecule has 1 atom stereocenters. The van der Waals surface area contributed by atoms with Crippen LogP contribution in [0, 0.1) is 5.92 Å². The van der Waals surface area contributed by atoms with Gasteiger partial charge in [0, 0.05) is 13.6 Å². The maximum Gasteiger partial charge on any atom is 0.0575 e. The molecule has 0 aliphatic carbocycles. The fourth-order valence-electron chi connectivity index (χ4n) is 1.07. The fraction of sp³-hybridized carbons (Fsp3) is 1.00. The quantitative estimate of drug-likeness (QED) is 0.586. The lowest BCUT2D eigenvalue weighted by Gasteiger charge is -2.18. The summed E-state index contributed by atoms with van der Waals surface area (Å²) < 4.78 is 0. The van der Waals surface area contributed by atoms with Gasteiger partial charge in [0.15, 0.2) is 0 Å². The van der Waals surface area contributed by atoms with Crippen LogP contribution < -0.4 is 5.73 Å². The highest BCUT2D eigenvalue weighted by Gasteiger charge is 2.04. The van der Waals surface area contributed by atoms with E-state index in [2.05, 4.69) is 6.92 Å². The summed E-state index contributed by atoms with van der Waals surface area (Å²) in [5, 5.41) is 1.85. The molecule has 0 spiro atoms. The van der Waals surface area contributed by atoms with Gasteiger partial charge in [-0.05, 0) is 25.3 Å². The van der Waals surface area contributed by atoms with Gasteiger partial charge in [0.1, 0.15) is 0 Å². The van der Waals surface area contributed by atoms with Crippen LogP contribution in [-0.4, -0.2) is 32.3 Å². The van der Waals surface area contributed by atoms with Gasteiger partial charge < -0.3 is 10.6 Å². The third-order valence-electron chi connectivity index (χ3n) is 1.78. The highest BCUT2D eigenvalue weighted by molar-refractivity contribution is 4.54. The van der Waals surface area contributed by atoms with E-state index in [1.54, 1.807) is 7.11 Å². The van der Waals surface area contributed by atoms with Crippen LogP contribution in [0.5, 0.6) is 0 Å². The first-order chi connectivity index (χ1) is 5.20. The van der Waals surface area contributed by atoms with E-state index in [1.165, 1.54) is 6.42 Å².